The van der Waals surface area contributed by atoms with Crippen LogP contribution in [0.5, 0.6) is 11.5 Å². The van der Waals surface area contributed by atoms with Crippen molar-refractivity contribution >= 4 is 50.9 Å². The molecule has 2 aromatic carbocycles. The number of nitrogens with zero attached hydrogens (tertiary/aromatic N) is 2. The largest absolute Gasteiger partial charge is 0.490 e. The third kappa shape index (κ3) is 4.55. The van der Waals surface area contributed by atoms with Gasteiger partial charge in [-0.25, -0.2) is 9.78 Å². The summed E-state index contributed by atoms with van der Waals surface area (Å²) in [6, 6.07) is 8.86. The Morgan fingerprint density at radius 3 is 2.72 bits per heavy atom. The van der Waals surface area contributed by atoms with E-state index >= 15 is 0 Å². The van der Waals surface area contributed by atoms with Gasteiger partial charge in [-0.15, -0.1) is 0 Å². The van der Waals surface area contributed by atoms with Crippen LogP contribution in [0, 0.1) is 6.92 Å². The highest BCUT2D eigenvalue weighted by atomic mass is 35.5. The van der Waals surface area contributed by atoms with Gasteiger partial charge in [-0.2, -0.15) is 0 Å². The Hall–Kier alpha value is -4.15. The fourth-order valence-electron chi connectivity index (χ4n) is 4.46. The molecule has 0 bridgehead atoms. The highest BCUT2D eigenvalue weighted by Crippen LogP contribution is 2.45. The molecule has 9 nitrogen and oxygen atoms in total. The molecule has 4 aromatic rings. The summed E-state index contributed by atoms with van der Waals surface area (Å²) in [5, 5.41) is 0.802. The molecule has 1 unspecified atom stereocenters. The number of hydrogen-bond donors (Lipinski definition) is 0. The number of hydrogen-bond acceptors (Lipinski definition) is 9. The van der Waals surface area contributed by atoms with Crippen LogP contribution in [0.2, 0.25) is 5.02 Å². The van der Waals surface area contributed by atoms with Crippen molar-refractivity contribution in [3.63, 3.8) is 0 Å². The van der Waals surface area contributed by atoms with E-state index in [0.29, 0.717) is 34.4 Å². The molecular weight excluding hydrogens is 544 g/mol. The zero-order chi connectivity index (χ0) is 27.8. The first-order valence-corrected chi connectivity index (χ1v) is 13.1. The number of aromatic nitrogens is 1. The van der Waals surface area contributed by atoms with Gasteiger partial charge in [0.05, 0.1) is 36.4 Å². The van der Waals surface area contributed by atoms with Crippen LogP contribution < -0.4 is 19.8 Å². The number of aryl methyl sites for hydroxylation is 1. The number of amides is 1. The van der Waals surface area contributed by atoms with Gasteiger partial charge in [0.1, 0.15) is 17.1 Å². The number of benzene rings is 2. The van der Waals surface area contributed by atoms with Crippen molar-refractivity contribution < 1.29 is 28.2 Å². The van der Waals surface area contributed by atoms with E-state index in [1.54, 1.807) is 43.3 Å². The lowest BCUT2D eigenvalue weighted by molar-refractivity contribution is 0.0605. The van der Waals surface area contributed by atoms with E-state index in [9.17, 15) is 14.4 Å². The lowest BCUT2D eigenvalue weighted by Crippen LogP contribution is -2.29. The Labute approximate surface area is 232 Å². The number of anilines is 1. The summed E-state index contributed by atoms with van der Waals surface area (Å²) in [4.78, 5) is 46.2. The predicted octanol–water partition coefficient (Wildman–Crippen LogP) is 5.71. The second-order valence-corrected chi connectivity index (χ2v) is 9.95. The minimum Gasteiger partial charge on any atom is -0.490 e. The summed E-state index contributed by atoms with van der Waals surface area (Å²) in [6.45, 7) is 7.78. The lowest BCUT2D eigenvalue weighted by Gasteiger charge is -2.23. The molecule has 1 aliphatic rings. The van der Waals surface area contributed by atoms with E-state index < -0.39 is 23.3 Å². The molecule has 0 saturated heterocycles. The Morgan fingerprint density at radius 1 is 1.21 bits per heavy atom. The zero-order valence-corrected chi connectivity index (χ0v) is 22.9. The number of carbonyl (C=O) groups is 2. The van der Waals surface area contributed by atoms with Gasteiger partial charge in [0.15, 0.2) is 22.1 Å². The molecular formula is C28H23ClN2O7S. The number of esters is 1. The summed E-state index contributed by atoms with van der Waals surface area (Å²) in [5.41, 5.74) is 0.901. The van der Waals surface area contributed by atoms with Crippen LogP contribution in [0.1, 0.15) is 50.0 Å². The van der Waals surface area contributed by atoms with E-state index in [-0.39, 0.29) is 38.9 Å². The van der Waals surface area contributed by atoms with Crippen molar-refractivity contribution in [2.45, 2.75) is 19.9 Å². The Kier molecular flexibility index (Phi) is 7.16. The van der Waals surface area contributed by atoms with Gasteiger partial charge in [0, 0.05) is 5.02 Å². The Bertz CT molecular complexity index is 1690. The van der Waals surface area contributed by atoms with Crippen molar-refractivity contribution in [1.82, 2.24) is 4.98 Å². The Morgan fingerprint density at radius 2 is 2.00 bits per heavy atom. The van der Waals surface area contributed by atoms with Crippen LogP contribution in [-0.4, -0.2) is 37.2 Å². The average molecular weight is 567 g/mol. The molecule has 0 saturated carbocycles. The standard InChI is InChI=1S/C28H23ClN2O7S/c1-5-11-37-19-9-7-15(12-20(19)36-6-2)22-21-23(32)17-13-16(29)8-10-18(17)38-24(21)26(33)31(22)28-30-14(3)25(39-28)27(34)35-4/h5,7-10,12-13,22H,1,6,11H2,2-4H3. The van der Waals surface area contributed by atoms with Crippen LogP contribution in [0.25, 0.3) is 11.0 Å². The van der Waals surface area contributed by atoms with E-state index in [4.69, 9.17) is 30.2 Å². The van der Waals surface area contributed by atoms with E-state index in [1.165, 1.54) is 18.1 Å². The van der Waals surface area contributed by atoms with Crippen LogP contribution in [-0.2, 0) is 4.74 Å². The number of methoxy groups -OCH3 is 1. The SMILES string of the molecule is C=CCOc1ccc(C2c3c(oc4ccc(Cl)cc4c3=O)C(=O)N2c2nc(C)c(C(=O)OC)s2)cc1OCC. The van der Waals surface area contributed by atoms with Gasteiger partial charge in [-0.3, -0.25) is 14.5 Å². The van der Waals surface area contributed by atoms with Crippen molar-refractivity contribution in [3.05, 3.63) is 91.8 Å². The quantitative estimate of drug-likeness (QED) is 0.197. The maximum atomic E-state index is 13.9. The number of thiazole rings is 1. The van der Waals surface area contributed by atoms with Gasteiger partial charge in [-0.05, 0) is 49.7 Å². The molecule has 0 N–H and O–H groups in total. The third-order valence-electron chi connectivity index (χ3n) is 6.13. The molecule has 200 valence electrons. The molecule has 39 heavy (non-hydrogen) atoms. The Balaban J connectivity index is 1.76. The molecule has 0 fully saturated rings. The molecule has 0 radical (unpaired) electrons. The van der Waals surface area contributed by atoms with Gasteiger partial charge in [0.2, 0.25) is 5.76 Å². The highest BCUT2D eigenvalue weighted by Gasteiger charge is 2.45. The second kappa shape index (κ2) is 10.5. The molecule has 2 aromatic heterocycles. The van der Waals surface area contributed by atoms with Gasteiger partial charge in [-0.1, -0.05) is 41.7 Å². The zero-order valence-electron chi connectivity index (χ0n) is 21.3. The smallest absolute Gasteiger partial charge is 0.350 e. The highest BCUT2D eigenvalue weighted by molar-refractivity contribution is 7.17. The molecule has 1 aliphatic heterocycles. The number of rotatable bonds is 8. The van der Waals surface area contributed by atoms with Gasteiger partial charge >= 0.3 is 5.97 Å². The van der Waals surface area contributed by atoms with Crippen molar-refractivity contribution in [2.24, 2.45) is 0 Å². The maximum Gasteiger partial charge on any atom is 0.350 e. The van der Waals surface area contributed by atoms with E-state index in [1.807, 2.05) is 6.92 Å². The van der Waals surface area contributed by atoms with E-state index in [0.717, 1.165) is 11.3 Å². The molecule has 0 aliphatic carbocycles. The van der Waals surface area contributed by atoms with Gasteiger partial charge < -0.3 is 18.6 Å². The maximum absolute atomic E-state index is 13.9. The van der Waals surface area contributed by atoms with Gasteiger partial charge in [0.25, 0.3) is 5.91 Å². The fourth-order valence-corrected chi connectivity index (χ4v) is 5.64. The van der Waals surface area contributed by atoms with E-state index in [2.05, 4.69) is 11.6 Å². The molecule has 1 amide bonds. The summed E-state index contributed by atoms with van der Waals surface area (Å²) in [5.74, 6) is -0.353. The first kappa shape index (κ1) is 26.5. The molecule has 5 rings (SSSR count). The minimum absolute atomic E-state index is 0.114. The minimum atomic E-state index is -0.934. The lowest BCUT2D eigenvalue weighted by atomic mass is 9.98. The number of ether oxygens (including phenoxy) is 3. The first-order chi connectivity index (χ1) is 18.8. The van der Waals surface area contributed by atoms with Crippen molar-refractivity contribution in [2.75, 3.05) is 25.2 Å². The number of fused-ring (bicyclic) bond motifs is 2. The second-order valence-electron chi connectivity index (χ2n) is 8.53. The molecule has 11 heteroatoms. The van der Waals surface area contributed by atoms with Crippen molar-refractivity contribution in [1.29, 1.82) is 0 Å². The fraction of sp³-hybridized carbons (Fsp3) is 0.214. The summed E-state index contributed by atoms with van der Waals surface area (Å²) >= 11 is 7.17. The summed E-state index contributed by atoms with van der Waals surface area (Å²) in [7, 11) is 1.27. The van der Waals surface area contributed by atoms with Crippen LogP contribution in [0.4, 0.5) is 5.13 Å². The normalized spacial score (nSPS) is 14.4. The third-order valence-corrected chi connectivity index (χ3v) is 7.51. The summed E-state index contributed by atoms with van der Waals surface area (Å²) in [6.07, 6.45) is 1.61. The molecule has 1 atom stereocenters. The monoisotopic (exact) mass is 566 g/mol. The number of carbonyl (C=O) groups excluding carboxylic acids is 2. The number of halogens is 1. The predicted molar refractivity (Wildman–Crippen MR) is 148 cm³/mol. The first-order valence-electron chi connectivity index (χ1n) is 11.9. The molecule has 3 heterocycles. The van der Waals surface area contributed by atoms with Crippen LogP contribution in [0.15, 0.2) is 58.3 Å². The van der Waals surface area contributed by atoms with Crippen molar-refractivity contribution in [3.8, 4) is 11.5 Å². The summed E-state index contributed by atoms with van der Waals surface area (Å²) < 4.78 is 22.4. The van der Waals surface area contributed by atoms with Crippen LogP contribution in [0.3, 0.4) is 0 Å². The molecule has 0 spiro atoms. The topological polar surface area (TPSA) is 108 Å². The van der Waals surface area contributed by atoms with Crippen LogP contribution >= 0.6 is 22.9 Å². The average Bonchev–Trinajstić information content (AvgIpc) is 3.45.